The van der Waals surface area contributed by atoms with Gasteiger partial charge >= 0.3 is 0 Å². The number of carbonyl (C=O) groups is 1. The molecule has 30 heavy (non-hydrogen) atoms. The van der Waals surface area contributed by atoms with Crippen molar-refractivity contribution in [2.45, 2.75) is 51.9 Å². The van der Waals surface area contributed by atoms with Crippen LogP contribution in [-0.4, -0.2) is 33.8 Å². The Morgan fingerprint density at radius 1 is 0.933 bits per heavy atom. The van der Waals surface area contributed by atoms with Crippen LogP contribution in [0.3, 0.4) is 0 Å². The number of anilines is 1. The van der Waals surface area contributed by atoms with Crippen molar-refractivity contribution in [2.24, 2.45) is 0 Å². The quantitative estimate of drug-likeness (QED) is 0.715. The van der Waals surface area contributed by atoms with Gasteiger partial charge in [0.25, 0.3) is 5.56 Å². The number of H-pyrrole nitrogens is 1. The maximum atomic E-state index is 13.3. The van der Waals surface area contributed by atoms with E-state index in [9.17, 15) is 9.59 Å². The lowest BCUT2D eigenvalue weighted by molar-refractivity contribution is 0.0972. The molecule has 1 fully saturated rings. The van der Waals surface area contributed by atoms with Crippen molar-refractivity contribution in [3.05, 3.63) is 51.4 Å². The lowest BCUT2D eigenvalue weighted by Gasteiger charge is -2.27. The number of rotatable bonds is 3. The Bertz CT molecular complexity index is 1170. The third-order valence-corrected chi connectivity index (χ3v) is 6.32. The van der Waals surface area contributed by atoms with Crippen LogP contribution in [0.1, 0.15) is 60.6 Å². The molecular weight excluding hydrogens is 376 g/mol. The fourth-order valence-corrected chi connectivity index (χ4v) is 4.68. The summed E-state index contributed by atoms with van der Waals surface area (Å²) in [6.07, 6.45) is 6.38. The summed E-state index contributed by atoms with van der Waals surface area (Å²) in [4.78, 5) is 40.8. The van der Waals surface area contributed by atoms with Crippen molar-refractivity contribution in [3.8, 4) is 11.1 Å². The summed E-state index contributed by atoms with van der Waals surface area (Å²) < 4.78 is 0. The first-order chi connectivity index (χ1) is 14.7. The molecule has 3 aromatic rings. The van der Waals surface area contributed by atoms with Crippen LogP contribution < -0.4 is 10.5 Å². The van der Waals surface area contributed by atoms with Gasteiger partial charge in [-0.25, -0.2) is 4.98 Å². The van der Waals surface area contributed by atoms with Crippen molar-refractivity contribution < 1.29 is 4.79 Å². The molecule has 1 aliphatic heterocycles. The molecule has 1 aromatic carbocycles. The summed E-state index contributed by atoms with van der Waals surface area (Å²) in [5, 5.41) is 0.425. The van der Waals surface area contributed by atoms with Crippen molar-refractivity contribution in [1.82, 2.24) is 15.0 Å². The number of pyridine rings is 1. The van der Waals surface area contributed by atoms with Gasteiger partial charge in [-0.2, -0.15) is 4.98 Å². The van der Waals surface area contributed by atoms with E-state index in [1.807, 2.05) is 12.1 Å². The fraction of sp³-hybridized carbons (Fsp3) is 0.417. The molecule has 6 heteroatoms. The number of aryl methyl sites for hydroxylation is 2. The van der Waals surface area contributed by atoms with E-state index in [4.69, 9.17) is 9.97 Å². The summed E-state index contributed by atoms with van der Waals surface area (Å²) >= 11 is 0. The van der Waals surface area contributed by atoms with Crippen LogP contribution in [0.5, 0.6) is 0 Å². The third-order valence-electron chi connectivity index (χ3n) is 6.32. The number of nitrogens with zero attached hydrogens (tertiary/aromatic N) is 3. The van der Waals surface area contributed by atoms with Crippen LogP contribution in [0.25, 0.3) is 22.2 Å². The summed E-state index contributed by atoms with van der Waals surface area (Å²) in [6, 6.07) is 8.14. The fourth-order valence-electron chi connectivity index (χ4n) is 4.68. The van der Waals surface area contributed by atoms with E-state index >= 15 is 0 Å². The molecule has 154 valence electrons. The smallest absolute Gasteiger partial charge is 0.262 e. The molecule has 2 aromatic heterocycles. The van der Waals surface area contributed by atoms with E-state index in [0.29, 0.717) is 34.5 Å². The molecule has 1 N–H and O–H groups in total. The number of aromatic nitrogens is 3. The van der Waals surface area contributed by atoms with Crippen LogP contribution in [0.2, 0.25) is 0 Å². The van der Waals surface area contributed by atoms with Crippen molar-refractivity contribution >= 4 is 22.8 Å². The number of Topliss-reactive ketones (excluding diaryl/α,β-unsaturated/α-hetero) is 1. The number of hydrogen-bond donors (Lipinski definition) is 1. The molecule has 0 spiro atoms. The Morgan fingerprint density at radius 3 is 2.43 bits per heavy atom. The predicted octanol–water partition coefficient (Wildman–Crippen LogP) is 4.06. The van der Waals surface area contributed by atoms with Gasteiger partial charge in [0, 0.05) is 30.6 Å². The predicted molar refractivity (Wildman–Crippen MR) is 118 cm³/mol. The third kappa shape index (κ3) is 3.20. The van der Waals surface area contributed by atoms with Crippen LogP contribution in [-0.2, 0) is 12.8 Å². The summed E-state index contributed by atoms with van der Waals surface area (Å²) in [7, 11) is 0. The highest BCUT2D eigenvalue weighted by Crippen LogP contribution is 2.35. The van der Waals surface area contributed by atoms with Gasteiger partial charge in [0.05, 0.1) is 11.1 Å². The number of fused-ring (bicyclic) bond motifs is 2. The topological polar surface area (TPSA) is 79.0 Å². The van der Waals surface area contributed by atoms with Crippen LogP contribution in [0, 0.1) is 0 Å². The zero-order valence-electron chi connectivity index (χ0n) is 17.3. The van der Waals surface area contributed by atoms with Crippen LogP contribution in [0.4, 0.5) is 5.95 Å². The van der Waals surface area contributed by atoms with Gasteiger partial charge in [-0.05, 0) is 49.7 Å². The highest BCUT2D eigenvalue weighted by Gasteiger charge is 2.27. The minimum Gasteiger partial charge on any atom is -0.342 e. The van der Waals surface area contributed by atoms with E-state index in [0.717, 1.165) is 56.5 Å². The van der Waals surface area contributed by atoms with Crippen LogP contribution in [0.15, 0.2) is 29.1 Å². The maximum Gasteiger partial charge on any atom is 0.262 e. The minimum absolute atomic E-state index is 0.0692. The second kappa shape index (κ2) is 7.67. The Kier molecular flexibility index (Phi) is 4.85. The summed E-state index contributed by atoms with van der Waals surface area (Å²) in [6.45, 7) is 3.89. The average Bonchev–Trinajstić information content (AvgIpc) is 2.78. The molecule has 5 rings (SSSR count). The number of piperidine rings is 1. The Balaban J connectivity index is 1.77. The normalized spacial score (nSPS) is 16.7. The first kappa shape index (κ1) is 19.0. The lowest BCUT2D eigenvalue weighted by atomic mass is 9.86. The van der Waals surface area contributed by atoms with Gasteiger partial charge in [-0.3, -0.25) is 14.6 Å². The molecule has 0 saturated carbocycles. The number of aromatic amines is 1. The molecule has 1 saturated heterocycles. The van der Waals surface area contributed by atoms with Gasteiger partial charge < -0.3 is 4.90 Å². The van der Waals surface area contributed by atoms with Gasteiger partial charge in [0.1, 0.15) is 0 Å². The molecule has 0 bridgehead atoms. The molecule has 0 atom stereocenters. The number of benzene rings is 1. The van der Waals surface area contributed by atoms with Crippen molar-refractivity contribution in [2.75, 3.05) is 18.0 Å². The average molecular weight is 402 g/mol. The lowest BCUT2D eigenvalue weighted by Crippen LogP contribution is -2.32. The first-order valence-corrected chi connectivity index (χ1v) is 11.0. The molecule has 6 nitrogen and oxygen atoms in total. The maximum absolute atomic E-state index is 13.3. The molecule has 0 radical (unpaired) electrons. The van der Waals surface area contributed by atoms with Gasteiger partial charge in [-0.1, -0.05) is 31.2 Å². The minimum atomic E-state index is -0.219. The standard InChI is InChI=1S/C24H26N4O2/c1-2-15-9-11-16(12-10-15)19-20-17(7-6-8-18(20)29)25-22-21(19)23(30)27-24(26-22)28-13-4-3-5-14-28/h9-12H,2-8,13-14H2,1H3,(H,25,26,27,30). The molecule has 0 unspecified atom stereocenters. The molecule has 0 amide bonds. The van der Waals surface area contributed by atoms with E-state index in [1.54, 1.807) is 0 Å². The summed E-state index contributed by atoms with van der Waals surface area (Å²) in [5.41, 5.74) is 4.40. The highest BCUT2D eigenvalue weighted by atomic mass is 16.1. The monoisotopic (exact) mass is 402 g/mol. The highest BCUT2D eigenvalue weighted by molar-refractivity contribution is 6.10. The van der Waals surface area contributed by atoms with E-state index in [-0.39, 0.29) is 11.3 Å². The molecule has 2 aliphatic rings. The van der Waals surface area contributed by atoms with Gasteiger partial charge in [-0.15, -0.1) is 0 Å². The zero-order valence-corrected chi connectivity index (χ0v) is 17.3. The second-order valence-corrected chi connectivity index (χ2v) is 8.27. The molecule has 1 aliphatic carbocycles. The van der Waals surface area contributed by atoms with E-state index in [2.05, 4.69) is 28.9 Å². The number of nitrogens with one attached hydrogen (secondary N) is 1. The SMILES string of the molecule is CCc1ccc(-c2c3c(nc4nc(N5CCCCC5)[nH]c(=O)c24)CCCC3=O)cc1. The van der Waals surface area contributed by atoms with Crippen molar-refractivity contribution in [1.29, 1.82) is 0 Å². The number of carbonyl (C=O) groups excluding carboxylic acids is 1. The summed E-state index contributed by atoms with van der Waals surface area (Å²) in [5.74, 6) is 0.661. The van der Waals surface area contributed by atoms with E-state index in [1.165, 1.54) is 12.0 Å². The zero-order chi connectivity index (χ0) is 20.7. The molecule has 3 heterocycles. The van der Waals surface area contributed by atoms with Crippen LogP contribution >= 0.6 is 0 Å². The second-order valence-electron chi connectivity index (χ2n) is 8.27. The Labute approximate surface area is 175 Å². The first-order valence-electron chi connectivity index (χ1n) is 11.0. The number of ketones is 1. The van der Waals surface area contributed by atoms with Crippen molar-refractivity contribution in [3.63, 3.8) is 0 Å². The largest absolute Gasteiger partial charge is 0.342 e. The van der Waals surface area contributed by atoms with E-state index < -0.39 is 0 Å². The Morgan fingerprint density at radius 2 is 1.70 bits per heavy atom. The van der Waals surface area contributed by atoms with Gasteiger partial charge in [0.2, 0.25) is 5.95 Å². The number of hydrogen-bond acceptors (Lipinski definition) is 5. The van der Waals surface area contributed by atoms with Gasteiger partial charge in [0.15, 0.2) is 11.4 Å². The molecular formula is C24H26N4O2. The Hall–Kier alpha value is -3.02.